The van der Waals surface area contributed by atoms with Crippen LogP contribution in [0.2, 0.25) is 0 Å². The fourth-order valence-corrected chi connectivity index (χ4v) is 1.57. The van der Waals surface area contributed by atoms with E-state index in [4.69, 9.17) is 4.74 Å². The summed E-state index contributed by atoms with van der Waals surface area (Å²) < 4.78 is 5.56. The van der Waals surface area contributed by atoms with E-state index in [0.717, 1.165) is 32.2 Å². The summed E-state index contributed by atoms with van der Waals surface area (Å²) in [6, 6.07) is 0.616. The van der Waals surface area contributed by atoms with Crippen LogP contribution >= 0.6 is 0 Å². The van der Waals surface area contributed by atoms with Crippen molar-refractivity contribution in [1.82, 2.24) is 10.2 Å². The minimum Gasteiger partial charge on any atom is -0.377 e. The number of hydrogen-bond donors (Lipinski definition) is 1. The molecule has 0 aliphatic heterocycles. The summed E-state index contributed by atoms with van der Waals surface area (Å²) in [6.07, 6.45) is 1.54. The third kappa shape index (κ3) is 10.7. The highest BCUT2D eigenvalue weighted by Crippen LogP contribution is 2.00. The Balaban J connectivity index is 3.49. The van der Waals surface area contributed by atoms with Crippen LogP contribution in [0.25, 0.3) is 0 Å². The lowest BCUT2D eigenvalue weighted by Gasteiger charge is -2.25. The van der Waals surface area contributed by atoms with Crippen LogP contribution in [0.15, 0.2) is 0 Å². The molecule has 0 aromatic heterocycles. The molecule has 0 bridgehead atoms. The first-order valence-corrected chi connectivity index (χ1v) is 6.96. The van der Waals surface area contributed by atoms with Crippen molar-refractivity contribution >= 4 is 0 Å². The zero-order valence-electron chi connectivity index (χ0n) is 12.6. The van der Waals surface area contributed by atoms with Gasteiger partial charge in [-0.3, -0.25) is 0 Å². The van der Waals surface area contributed by atoms with E-state index in [1.165, 1.54) is 6.42 Å². The van der Waals surface area contributed by atoms with Gasteiger partial charge in [0, 0.05) is 12.6 Å². The van der Waals surface area contributed by atoms with Crippen LogP contribution in [0.1, 0.15) is 41.0 Å². The number of likely N-dealkylation sites (N-methyl/N-ethyl adjacent to an activating group) is 1. The van der Waals surface area contributed by atoms with Gasteiger partial charge in [-0.2, -0.15) is 0 Å². The molecule has 0 rings (SSSR count). The average molecular weight is 244 g/mol. The summed E-state index contributed by atoms with van der Waals surface area (Å²) in [5, 5.41) is 3.49. The molecular weight excluding hydrogens is 212 g/mol. The quantitative estimate of drug-likeness (QED) is 0.597. The fraction of sp³-hybridized carbons (Fsp3) is 1.00. The van der Waals surface area contributed by atoms with E-state index in [0.29, 0.717) is 12.1 Å². The highest BCUT2D eigenvalue weighted by atomic mass is 16.5. The van der Waals surface area contributed by atoms with Gasteiger partial charge in [0.2, 0.25) is 0 Å². The second-order valence-corrected chi connectivity index (χ2v) is 5.64. The van der Waals surface area contributed by atoms with Crippen LogP contribution in [0, 0.1) is 5.92 Å². The van der Waals surface area contributed by atoms with Crippen molar-refractivity contribution in [2.24, 2.45) is 5.92 Å². The molecular formula is C14H32N2O. The molecule has 0 aliphatic carbocycles. The Hall–Kier alpha value is -0.120. The molecule has 1 N–H and O–H groups in total. The van der Waals surface area contributed by atoms with E-state index < -0.39 is 0 Å². The third-order valence-electron chi connectivity index (χ3n) is 2.94. The summed E-state index contributed by atoms with van der Waals surface area (Å²) >= 11 is 0. The summed E-state index contributed by atoms with van der Waals surface area (Å²) in [5.74, 6) is 0.738. The van der Waals surface area contributed by atoms with Crippen LogP contribution in [0.5, 0.6) is 0 Å². The average Bonchev–Trinajstić information content (AvgIpc) is 2.23. The Morgan fingerprint density at radius 3 is 2.29 bits per heavy atom. The van der Waals surface area contributed by atoms with Gasteiger partial charge in [0.25, 0.3) is 0 Å². The van der Waals surface area contributed by atoms with Crippen molar-refractivity contribution in [3.8, 4) is 0 Å². The standard InChI is InChI=1S/C14H32N2O/c1-12(2)11-15-8-7-14(5)16(6)9-10-17-13(3)4/h12-15H,7-11H2,1-6H3. The maximum atomic E-state index is 5.56. The highest BCUT2D eigenvalue weighted by Gasteiger charge is 2.08. The van der Waals surface area contributed by atoms with E-state index in [-0.39, 0.29) is 0 Å². The van der Waals surface area contributed by atoms with E-state index in [1.807, 2.05) is 0 Å². The normalized spacial score (nSPS) is 13.9. The highest BCUT2D eigenvalue weighted by molar-refractivity contribution is 4.65. The Bertz CT molecular complexity index is 172. The van der Waals surface area contributed by atoms with Gasteiger partial charge < -0.3 is 15.0 Å². The largest absolute Gasteiger partial charge is 0.377 e. The molecule has 0 spiro atoms. The molecule has 0 radical (unpaired) electrons. The van der Waals surface area contributed by atoms with Gasteiger partial charge in [0.05, 0.1) is 12.7 Å². The predicted molar refractivity (Wildman–Crippen MR) is 75.5 cm³/mol. The monoisotopic (exact) mass is 244 g/mol. The molecule has 0 heterocycles. The zero-order chi connectivity index (χ0) is 13.3. The van der Waals surface area contributed by atoms with Crippen LogP contribution < -0.4 is 5.32 Å². The zero-order valence-corrected chi connectivity index (χ0v) is 12.6. The van der Waals surface area contributed by atoms with Gasteiger partial charge in [-0.1, -0.05) is 13.8 Å². The van der Waals surface area contributed by atoms with Gasteiger partial charge in [0.1, 0.15) is 0 Å². The molecule has 3 nitrogen and oxygen atoms in total. The lowest BCUT2D eigenvalue weighted by molar-refractivity contribution is 0.0566. The Labute approximate surface area is 108 Å². The summed E-state index contributed by atoms with van der Waals surface area (Å²) in [4.78, 5) is 2.37. The van der Waals surface area contributed by atoms with Gasteiger partial charge in [-0.05, 0) is 53.2 Å². The Morgan fingerprint density at radius 2 is 1.76 bits per heavy atom. The smallest absolute Gasteiger partial charge is 0.0596 e. The minimum absolute atomic E-state index is 0.339. The Kier molecular flexibility index (Phi) is 9.79. The molecule has 0 amide bonds. The van der Waals surface area contributed by atoms with Crippen molar-refractivity contribution in [2.45, 2.75) is 53.2 Å². The maximum absolute atomic E-state index is 5.56. The molecule has 0 saturated carbocycles. The van der Waals surface area contributed by atoms with Gasteiger partial charge >= 0.3 is 0 Å². The van der Waals surface area contributed by atoms with Crippen molar-refractivity contribution in [1.29, 1.82) is 0 Å². The molecule has 0 fully saturated rings. The third-order valence-corrected chi connectivity index (χ3v) is 2.94. The Morgan fingerprint density at radius 1 is 1.12 bits per heavy atom. The molecule has 3 heteroatoms. The number of hydrogen-bond acceptors (Lipinski definition) is 3. The second-order valence-electron chi connectivity index (χ2n) is 5.64. The van der Waals surface area contributed by atoms with E-state index in [2.05, 4.69) is 51.9 Å². The van der Waals surface area contributed by atoms with Gasteiger partial charge in [0.15, 0.2) is 0 Å². The van der Waals surface area contributed by atoms with E-state index >= 15 is 0 Å². The fourth-order valence-electron chi connectivity index (χ4n) is 1.57. The summed E-state index contributed by atoms with van der Waals surface area (Å²) in [6.45, 7) is 15.0. The predicted octanol–water partition coefficient (Wildman–Crippen LogP) is 2.37. The van der Waals surface area contributed by atoms with Gasteiger partial charge in [-0.25, -0.2) is 0 Å². The molecule has 1 atom stereocenters. The molecule has 0 aliphatic rings. The first-order valence-electron chi connectivity index (χ1n) is 6.96. The topological polar surface area (TPSA) is 24.5 Å². The lowest BCUT2D eigenvalue weighted by atomic mass is 10.2. The molecule has 104 valence electrons. The van der Waals surface area contributed by atoms with Crippen molar-refractivity contribution < 1.29 is 4.74 Å². The number of nitrogens with zero attached hydrogens (tertiary/aromatic N) is 1. The van der Waals surface area contributed by atoms with Crippen LogP contribution in [-0.2, 0) is 4.74 Å². The summed E-state index contributed by atoms with van der Waals surface area (Å²) in [7, 11) is 2.18. The SMILES string of the molecule is CC(C)CNCCC(C)N(C)CCOC(C)C. The van der Waals surface area contributed by atoms with Crippen LogP contribution in [0.4, 0.5) is 0 Å². The van der Waals surface area contributed by atoms with Crippen molar-refractivity contribution in [3.63, 3.8) is 0 Å². The number of nitrogens with one attached hydrogen (secondary N) is 1. The molecule has 1 unspecified atom stereocenters. The summed E-state index contributed by atoms with van der Waals surface area (Å²) in [5.41, 5.74) is 0. The van der Waals surface area contributed by atoms with Crippen LogP contribution in [0.3, 0.4) is 0 Å². The molecule has 0 saturated heterocycles. The first-order chi connectivity index (χ1) is 7.93. The molecule has 17 heavy (non-hydrogen) atoms. The first kappa shape index (κ1) is 16.9. The number of rotatable bonds is 10. The van der Waals surface area contributed by atoms with E-state index in [1.54, 1.807) is 0 Å². The molecule has 0 aromatic carbocycles. The van der Waals surface area contributed by atoms with Crippen molar-refractivity contribution in [3.05, 3.63) is 0 Å². The molecule has 0 aromatic rings. The lowest BCUT2D eigenvalue weighted by Crippen LogP contribution is -2.35. The van der Waals surface area contributed by atoms with E-state index in [9.17, 15) is 0 Å². The maximum Gasteiger partial charge on any atom is 0.0596 e. The number of ether oxygens (including phenoxy) is 1. The second kappa shape index (κ2) is 9.86. The van der Waals surface area contributed by atoms with Crippen molar-refractivity contribution in [2.75, 3.05) is 33.3 Å². The van der Waals surface area contributed by atoms with Gasteiger partial charge in [-0.15, -0.1) is 0 Å². The minimum atomic E-state index is 0.339. The van der Waals surface area contributed by atoms with Crippen LogP contribution in [-0.4, -0.2) is 50.3 Å².